The lowest BCUT2D eigenvalue weighted by Crippen LogP contribution is -2.29. The predicted molar refractivity (Wildman–Crippen MR) is 195 cm³/mol. The fraction of sp³-hybridized carbons (Fsp3) is 0.750. The van der Waals surface area contributed by atoms with E-state index in [4.69, 9.17) is 9.47 Å². The van der Waals surface area contributed by atoms with Crippen molar-refractivity contribution in [2.24, 2.45) is 5.92 Å². The van der Waals surface area contributed by atoms with E-state index in [1.54, 1.807) is 36.5 Å². The number of esters is 2. The molecule has 0 amide bonds. The molecule has 0 rings (SSSR count). The highest BCUT2D eigenvalue weighted by Gasteiger charge is 2.18. The lowest BCUT2D eigenvalue weighted by Gasteiger charge is -2.17. The Morgan fingerprint density at radius 3 is 1.71 bits per heavy atom. The van der Waals surface area contributed by atoms with Crippen LogP contribution in [0.5, 0.6) is 0 Å². The molecule has 0 radical (unpaired) electrons. The monoisotopic (exact) mass is 679 g/mol. The Balaban J connectivity index is 3.94. The van der Waals surface area contributed by atoms with Crippen LogP contribution in [0.3, 0.4) is 0 Å². The van der Waals surface area contributed by atoms with Gasteiger partial charge in [-0.1, -0.05) is 159 Å². The second kappa shape index (κ2) is 33.2. The summed E-state index contributed by atoms with van der Waals surface area (Å²) in [6.45, 7) is 6.06. The Morgan fingerprint density at radius 2 is 1.12 bits per heavy atom. The Bertz CT molecular complexity index is 878. The zero-order valence-corrected chi connectivity index (χ0v) is 30.5. The number of unbranched alkanes of at least 4 members (excludes halogenated alkanes) is 12. The molecule has 0 unspecified atom stereocenters. The van der Waals surface area contributed by atoms with Crippen LogP contribution in [-0.2, 0) is 19.1 Å². The maximum atomic E-state index is 12.2. The van der Waals surface area contributed by atoms with Gasteiger partial charge < -0.3 is 29.9 Å². The van der Waals surface area contributed by atoms with E-state index in [2.05, 4.69) is 20.8 Å². The van der Waals surface area contributed by atoms with Crippen molar-refractivity contribution in [3.63, 3.8) is 0 Å². The van der Waals surface area contributed by atoms with E-state index >= 15 is 0 Å². The van der Waals surface area contributed by atoms with E-state index < -0.39 is 37.0 Å². The van der Waals surface area contributed by atoms with E-state index in [-0.39, 0.29) is 31.8 Å². The third-order valence-corrected chi connectivity index (χ3v) is 8.17. The Morgan fingerprint density at radius 1 is 0.604 bits per heavy atom. The number of aliphatic hydroxyl groups excluding tert-OH is 4. The second-order valence-corrected chi connectivity index (χ2v) is 13.4. The topological polar surface area (TPSA) is 134 Å². The molecule has 4 atom stereocenters. The van der Waals surface area contributed by atoms with E-state index in [9.17, 15) is 30.0 Å². The fourth-order valence-corrected chi connectivity index (χ4v) is 5.12. The van der Waals surface area contributed by atoms with Crippen LogP contribution in [-0.4, -0.2) is 70.0 Å². The van der Waals surface area contributed by atoms with Crippen molar-refractivity contribution in [1.29, 1.82) is 0 Å². The van der Waals surface area contributed by atoms with Gasteiger partial charge in [-0.2, -0.15) is 0 Å². The third kappa shape index (κ3) is 31.0. The van der Waals surface area contributed by atoms with Crippen LogP contribution in [0, 0.1) is 5.92 Å². The number of rotatable bonds is 32. The van der Waals surface area contributed by atoms with Gasteiger partial charge in [0.05, 0.1) is 24.9 Å². The summed E-state index contributed by atoms with van der Waals surface area (Å²) in [6, 6.07) is 0. The highest BCUT2D eigenvalue weighted by atomic mass is 16.6. The maximum absolute atomic E-state index is 12.2. The summed E-state index contributed by atoms with van der Waals surface area (Å²) < 4.78 is 10.4. The van der Waals surface area contributed by atoms with Crippen molar-refractivity contribution >= 4 is 11.9 Å². The standard InChI is InChI=1S/C40H70O8/c1-4-5-19-26-35(42)27-21-16-13-14-17-22-28-37(43)38(44)29-24-31-40(46)48-36(32-41)33-47-39(45)30-23-18-12-10-8-6-7-9-11-15-20-25-34(2)3/h13-14,16-17,21-22,27-28,34-38,41-44H,4-12,15,18-20,23-26,29-33H2,1-3H3/b16-13-,17-14+,27-21+,28-22+/t35-,36-,37-,38-/m0/s1. The maximum Gasteiger partial charge on any atom is 0.306 e. The van der Waals surface area contributed by atoms with Gasteiger partial charge in [-0.05, 0) is 31.6 Å². The summed E-state index contributed by atoms with van der Waals surface area (Å²) in [6.07, 6.45) is 29.7. The lowest BCUT2D eigenvalue weighted by molar-refractivity contribution is -0.161. The normalized spacial score (nSPS) is 14.8. The summed E-state index contributed by atoms with van der Waals surface area (Å²) in [5.74, 6) is -0.110. The first-order valence-electron chi connectivity index (χ1n) is 18.9. The average Bonchev–Trinajstić information content (AvgIpc) is 3.06. The first kappa shape index (κ1) is 45.7. The van der Waals surface area contributed by atoms with Crippen LogP contribution in [0.4, 0.5) is 0 Å². The number of carbonyl (C=O) groups is 2. The number of allylic oxidation sites excluding steroid dienone is 6. The van der Waals surface area contributed by atoms with Crippen LogP contribution in [0.2, 0.25) is 0 Å². The van der Waals surface area contributed by atoms with Crippen molar-refractivity contribution in [1.82, 2.24) is 0 Å². The third-order valence-electron chi connectivity index (χ3n) is 8.17. The van der Waals surface area contributed by atoms with Gasteiger partial charge in [-0.15, -0.1) is 0 Å². The molecule has 0 spiro atoms. The molecule has 0 aromatic heterocycles. The number of ether oxygens (including phenoxy) is 2. The second-order valence-electron chi connectivity index (χ2n) is 13.4. The van der Waals surface area contributed by atoms with Crippen LogP contribution in [0.15, 0.2) is 48.6 Å². The molecule has 0 aliphatic carbocycles. The van der Waals surface area contributed by atoms with Gasteiger partial charge in [-0.25, -0.2) is 0 Å². The smallest absolute Gasteiger partial charge is 0.306 e. The molecule has 8 heteroatoms. The highest BCUT2D eigenvalue weighted by Crippen LogP contribution is 2.15. The summed E-state index contributed by atoms with van der Waals surface area (Å²) in [7, 11) is 0. The number of hydrogen-bond acceptors (Lipinski definition) is 8. The first-order chi connectivity index (χ1) is 23.2. The van der Waals surface area contributed by atoms with Crippen LogP contribution in [0.25, 0.3) is 0 Å². The van der Waals surface area contributed by atoms with Gasteiger partial charge in [0.1, 0.15) is 6.61 Å². The van der Waals surface area contributed by atoms with Gasteiger partial charge in [0.2, 0.25) is 0 Å². The van der Waals surface area contributed by atoms with Crippen molar-refractivity contribution in [2.45, 2.75) is 174 Å². The number of hydrogen-bond donors (Lipinski definition) is 4. The van der Waals surface area contributed by atoms with Gasteiger partial charge in [0.15, 0.2) is 6.10 Å². The van der Waals surface area contributed by atoms with E-state index in [0.29, 0.717) is 6.42 Å². The quantitative estimate of drug-likeness (QED) is 0.0318. The summed E-state index contributed by atoms with van der Waals surface area (Å²) in [5.41, 5.74) is 0. The minimum absolute atomic E-state index is 0.00174. The number of carbonyl (C=O) groups excluding carboxylic acids is 2. The molecular weight excluding hydrogens is 608 g/mol. The van der Waals surface area contributed by atoms with Crippen LogP contribution >= 0.6 is 0 Å². The van der Waals surface area contributed by atoms with Crippen LogP contribution in [0.1, 0.15) is 149 Å². The SMILES string of the molecule is CCCCC[C@H](O)/C=C/C=C\C=C\C=C\[C@H](O)[C@@H](O)CCCC(=O)O[C@@H](CO)COC(=O)CCCCCCCCCCCCCC(C)C. The van der Waals surface area contributed by atoms with Crippen molar-refractivity contribution < 1.29 is 39.5 Å². The molecule has 0 fully saturated rings. The predicted octanol–water partition coefficient (Wildman–Crippen LogP) is 8.22. The molecule has 0 saturated carbocycles. The molecular formula is C40H70O8. The molecule has 0 aromatic rings. The summed E-state index contributed by atoms with van der Waals surface area (Å²) in [4.78, 5) is 24.2. The van der Waals surface area contributed by atoms with Gasteiger partial charge in [0, 0.05) is 12.8 Å². The van der Waals surface area contributed by atoms with Crippen LogP contribution < -0.4 is 0 Å². The molecule has 278 valence electrons. The Labute approximate surface area is 292 Å². The van der Waals surface area contributed by atoms with E-state index in [0.717, 1.165) is 50.9 Å². The highest BCUT2D eigenvalue weighted by molar-refractivity contribution is 5.70. The van der Waals surface area contributed by atoms with Crippen molar-refractivity contribution in [3.8, 4) is 0 Å². The van der Waals surface area contributed by atoms with Gasteiger partial charge in [0.25, 0.3) is 0 Å². The molecule has 48 heavy (non-hydrogen) atoms. The largest absolute Gasteiger partial charge is 0.462 e. The van der Waals surface area contributed by atoms with Crippen molar-refractivity contribution in [3.05, 3.63) is 48.6 Å². The van der Waals surface area contributed by atoms with Gasteiger partial charge in [-0.3, -0.25) is 9.59 Å². The minimum atomic E-state index is -1.09. The average molecular weight is 679 g/mol. The zero-order chi connectivity index (χ0) is 35.7. The molecule has 0 bridgehead atoms. The molecule has 0 heterocycles. The summed E-state index contributed by atoms with van der Waals surface area (Å²) >= 11 is 0. The number of aliphatic hydroxyl groups is 4. The molecule has 8 nitrogen and oxygen atoms in total. The van der Waals surface area contributed by atoms with E-state index in [1.165, 1.54) is 63.9 Å². The Hall–Kier alpha value is -2.26. The fourth-order valence-electron chi connectivity index (χ4n) is 5.12. The molecule has 0 aliphatic heterocycles. The first-order valence-corrected chi connectivity index (χ1v) is 18.9. The molecule has 4 N–H and O–H groups in total. The Kier molecular flexibility index (Phi) is 31.7. The molecule has 0 aromatic carbocycles. The lowest BCUT2D eigenvalue weighted by atomic mass is 10.0. The minimum Gasteiger partial charge on any atom is -0.462 e. The zero-order valence-electron chi connectivity index (χ0n) is 30.5. The molecule has 0 aliphatic rings. The van der Waals surface area contributed by atoms with Gasteiger partial charge >= 0.3 is 11.9 Å². The molecule has 0 saturated heterocycles. The summed E-state index contributed by atoms with van der Waals surface area (Å²) in [5, 5.41) is 39.7. The van der Waals surface area contributed by atoms with Crippen molar-refractivity contribution in [2.75, 3.05) is 13.2 Å². The van der Waals surface area contributed by atoms with E-state index in [1.807, 2.05) is 6.08 Å².